The molecule has 1 unspecified atom stereocenters. The molecule has 12 nitrogen and oxygen atoms in total. The summed E-state index contributed by atoms with van der Waals surface area (Å²) in [5.41, 5.74) is 10.1. The molecule has 1 atom stereocenters. The molecular weight excluding hydrogens is 772 g/mol. The monoisotopic (exact) mass is 836 g/mol. The molecule has 0 aromatic carbocycles. The summed E-state index contributed by atoms with van der Waals surface area (Å²) in [6.07, 6.45) is 17.4. The number of hydrogen-bond acceptors (Lipinski definition) is 10. The minimum atomic E-state index is -4.89. The first kappa shape index (κ1) is 48.4. The summed E-state index contributed by atoms with van der Waals surface area (Å²) in [5.74, 6) is -1.09. The molecule has 0 bridgehead atoms. The van der Waals surface area contributed by atoms with Crippen LogP contribution in [0.25, 0.3) is 0 Å². The van der Waals surface area contributed by atoms with E-state index in [1.807, 2.05) is 6.92 Å². The summed E-state index contributed by atoms with van der Waals surface area (Å²) in [7, 11) is -2.73. The average molecular weight is 837 g/mol. The van der Waals surface area contributed by atoms with Crippen LogP contribution < -0.4 is 21.5 Å². The predicted octanol–water partition coefficient (Wildman–Crippen LogP) is 1.52. The van der Waals surface area contributed by atoms with Gasteiger partial charge in [0.15, 0.2) is 0 Å². The Balaban J connectivity index is -0.000000616. The van der Waals surface area contributed by atoms with Crippen LogP contribution in [-0.4, -0.2) is 87.0 Å². The molecule has 44 heavy (non-hydrogen) atoms. The Morgan fingerprint density at radius 2 is 1.18 bits per heavy atom. The van der Waals surface area contributed by atoms with E-state index in [2.05, 4.69) is 18.9 Å². The molecule has 0 amide bonds. The van der Waals surface area contributed by atoms with Crippen molar-refractivity contribution in [2.45, 2.75) is 154 Å². The van der Waals surface area contributed by atoms with Crippen molar-refractivity contribution in [3.05, 3.63) is 0 Å². The minimum absolute atomic E-state index is 0. The average Bonchev–Trinajstić information content (AvgIpc) is 2.93. The van der Waals surface area contributed by atoms with E-state index < -0.39 is 19.2 Å². The van der Waals surface area contributed by atoms with Crippen molar-refractivity contribution < 1.29 is 65.5 Å². The van der Waals surface area contributed by atoms with Gasteiger partial charge in [0.25, 0.3) is 7.82 Å². The standard InChI is InChI=1S/C18H37NO3.2C6H13NO.H3O4P.Pt/c1-4-6-7-10-14-19(3)15-11-8-9-13-18(16-20,12-5-2)17(21)22;2*7-5-1-3-6(8)4-2-5;1-5(2,3)4;/h20H,4-16H2,1-3H3,(H,21,22);2*5-6,8H,1-4,7H2;(H3,1,2,3,4);/q;;;;+2/p-2. The van der Waals surface area contributed by atoms with Gasteiger partial charge < -0.3 is 56.3 Å². The van der Waals surface area contributed by atoms with Crippen LogP contribution in [0.2, 0.25) is 0 Å². The van der Waals surface area contributed by atoms with Gasteiger partial charge in [-0.05, 0) is 97.2 Å². The third-order valence-electron chi connectivity index (χ3n) is 8.04. The minimum Gasteiger partial charge on any atom is -0.756 e. The Kier molecular flexibility index (Phi) is 32.1. The molecule has 2 fully saturated rings. The van der Waals surface area contributed by atoms with Gasteiger partial charge in [-0.25, -0.2) is 0 Å². The largest absolute Gasteiger partial charge is 2.00 e. The summed E-state index contributed by atoms with van der Waals surface area (Å²) < 4.78 is 8.77. The maximum absolute atomic E-state index is 11.3. The molecule has 0 radical (unpaired) electrons. The molecule has 0 aliphatic heterocycles. The van der Waals surface area contributed by atoms with Gasteiger partial charge in [0.05, 0.1) is 18.8 Å². The zero-order valence-corrected chi connectivity index (χ0v) is 30.6. The van der Waals surface area contributed by atoms with Crippen molar-refractivity contribution in [3.8, 4) is 0 Å². The number of rotatable bonds is 15. The van der Waals surface area contributed by atoms with Crippen molar-refractivity contribution in [1.29, 1.82) is 0 Å². The van der Waals surface area contributed by atoms with Gasteiger partial charge in [-0.1, -0.05) is 52.4 Å². The second kappa shape index (κ2) is 29.2. The molecule has 0 aromatic heterocycles. The molecule has 2 aliphatic rings. The summed E-state index contributed by atoms with van der Waals surface area (Å²) >= 11 is 0. The van der Waals surface area contributed by atoms with E-state index in [0.29, 0.717) is 24.9 Å². The summed E-state index contributed by atoms with van der Waals surface area (Å²) in [6, 6.07) is 0.719. The molecule has 0 saturated heterocycles. The molecule has 9 N–H and O–H groups in total. The van der Waals surface area contributed by atoms with Gasteiger partial charge in [-0.3, -0.25) is 4.57 Å². The predicted molar refractivity (Wildman–Crippen MR) is 166 cm³/mol. The number of phosphoric acid groups is 1. The topological polar surface area (TPSA) is 237 Å². The maximum Gasteiger partial charge on any atom is 2.00 e. The number of carbonyl (C=O) groups is 1. The fraction of sp³-hybridized carbons (Fsp3) is 0.967. The zero-order chi connectivity index (χ0) is 33.3. The molecule has 268 valence electrons. The van der Waals surface area contributed by atoms with E-state index in [-0.39, 0.29) is 39.9 Å². The van der Waals surface area contributed by atoms with Crippen LogP contribution in [0.5, 0.6) is 0 Å². The van der Waals surface area contributed by atoms with E-state index in [4.69, 9.17) is 40.9 Å². The molecule has 2 rings (SSSR count). The number of aliphatic hydroxyl groups is 3. The number of carboxylic acid groups (broad SMARTS) is 1. The summed E-state index contributed by atoms with van der Waals surface area (Å²) in [4.78, 5) is 36.6. The van der Waals surface area contributed by atoms with Crippen molar-refractivity contribution >= 4 is 13.8 Å². The number of unbranched alkanes of at least 4 members (excludes halogenated alkanes) is 5. The van der Waals surface area contributed by atoms with Crippen LogP contribution >= 0.6 is 7.82 Å². The van der Waals surface area contributed by atoms with Gasteiger partial charge in [-0.2, -0.15) is 0 Å². The number of hydrogen-bond donors (Lipinski definition) is 7. The second-order valence-corrected chi connectivity index (χ2v) is 13.3. The van der Waals surface area contributed by atoms with Crippen LogP contribution in [-0.2, 0) is 30.4 Å². The molecule has 2 aliphatic carbocycles. The quantitative estimate of drug-likeness (QED) is 0.0919. The molecular formula is C30H64N3O9PPt. The van der Waals surface area contributed by atoms with Gasteiger partial charge in [0.1, 0.15) is 0 Å². The van der Waals surface area contributed by atoms with Crippen LogP contribution in [0.15, 0.2) is 0 Å². The molecule has 0 spiro atoms. The Hall–Kier alpha value is 0.0283. The van der Waals surface area contributed by atoms with Gasteiger partial charge in [0.2, 0.25) is 0 Å². The van der Waals surface area contributed by atoms with Gasteiger partial charge in [-0.15, -0.1) is 0 Å². The van der Waals surface area contributed by atoms with E-state index in [1.54, 1.807) is 0 Å². The van der Waals surface area contributed by atoms with E-state index in [1.165, 1.54) is 25.7 Å². The number of nitrogens with two attached hydrogens (primary N) is 2. The SMILES string of the molecule is CCCCCCN(C)CCCCCC(CO)(CCC)C(=O)[O-].NC1CCC(O)CC1.NC1CCC(O)CC1.O=P([O-])(O)O.[Pt+2]. The van der Waals surface area contributed by atoms with Gasteiger partial charge in [0, 0.05) is 23.5 Å². The molecule has 0 heterocycles. The van der Waals surface area contributed by atoms with Crippen molar-refractivity contribution in [2.24, 2.45) is 16.9 Å². The van der Waals surface area contributed by atoms with Crippen molar-refractivity contribution in [1.82, 2.24) is 4.90 Å². The first-order valence-electron chi connectivity index (χ1n) is 16.2. The first-order chi connectivity index (χ1) is 20.1. The van der Waals surface area contributed by atoms with Crippen LogP contribution in [0.4, 0.5) is 0 Å². The summed E-state index contributed by atoms with van der Waals surface area (Å²) in [5, 5.41) is 38.7. The molecule has 0 aromatic rings. The molecule has 2 saturated carbocycles. The zero-order valence-electron chi connectivity index (χ0n) is 27.4. The fourth-order valence-electron chi connectivity index (χ4n) is 5.18. The second-order valence-electron chi connectivity index (χ2n) is 12.3. The Labute approximate surface area is 280 Å². The first-order valence-corrected chi connectivity index (χ1v) is 17.8. The maximum atomic E-state index is 11.3. The number of carboxylic acids is 1. The van der Waals surface area contributed by atoms with Crippen LogP contribution in [0.3, 0.4) is 0 Å². The Morgan fingerprint density at radius 1 is 0.795 bits per heavy atom. The third-order valence-corrected chi connectivity index (χ3v) is 8.04. The van der Waals surface area contributed by atoms with Crippen molar-refractivity contribution in [3.63, 3.8) is 0 Å². The fourth-order valence-corrected chi connectivity index (χ4v) is 5.18. The smallest absolute Gasteiger partial charge is 0.756 e. The Bertz CT molecular complexity index is 659. The van der Waals surface area contributed by atoms with Crippen LogP contribution in [0, 0.1) is 5.41 Å². The van der Waals surface area contributed by atoms with Crippen LogP contribution in [0.1, 0.15) is 129 Å². The Morgan fingerprint density at radius 3 is 1.48 bits per heavy atom. The third kappa shape index (κ3) is 30.7. The normalized spacial score (nSPS) is 22.9. The number of carbonyl (C=O) groups excluding carboxylic acids is 1. The van der Waals surface area contributed by atoms with Crippen molar-refractivity contribution in [2.75, 3.05) is 26.7 Å². The number of aliphatic carboxylic acids is 1. The summed E-state index contributed by atoms with van der Waals surface area (Å²) in [6.45, 7) is 6.08. The van der Waals surface area contributed by atoms with E-state index >= 15 is 0 Å². The number of nitrogens with zero attached hydrogens (tertiary/aromatic N) is 1. The number of aliphatic hydroxyl groups excluding tert-OH is 3. The van der Waals surface area contributed by atoms with E-state index in [9.17, 15) is 15.0 Å². The van der Waals surface area contributed by atoms with E-state index in [0.717, 1.165) is 90.1 Å². The van der Waals surface area contributed by atoms with Gasteiger partial charge >= 0.3 is 21.1 Å². The molecule has 14 heteroatoms.